The second kappa shape index (κ2) is 9.60. The molecule has 2 aromatic heterocycles. The first kappa shape index (κ1) is 22.6. The zero-order valence-electron chi connectivity index (χ0n) is 20.1. The van der Waals surface area contributed by atoms with Gasteiger partial charge in [-0.2, -0.15) is 5.26 Å². The number of hydrogen-bond donors (Lipinski definition) is 1. The predicted octanol–water partition coefficient (Wildman–Crippen LogP) is 5.78. The number of fused-ring (bicyclic) bond motifs is 2. The lowest BCUT2D eigenvalue weighted by molar-refractivity contribution is -0.116. The van der Waals surface area contributed by atoms with Gasteiger partial charge in [0.15, 0.2) is 0 Å². The fourth-order valence-corrected chi connectivity index (χ4v) is 5.25. The molecule has 4 aromatic rings. The van der Waals surface area contributed by atoms with E-state index in [1.807, 2.05) is 50.2 Å². The Balaban J connectivity index is 1.61. The average molecular weight is 461 g/mol. The maximum atomic E-state index is 12.7. The summed E-state index contributed by atoms with van der Waals surface area (Å²) in [7, 11) is 0. The van der Waals surface area contributed by atoms with Crippen LogP contribution < -0.4 is 5.32 Å². The molecule has 0 aliphatic heterocycles. The van der Waals surface area contributed by atoms with Gasteiger partial charge < -0.3 is 9.88 Å². The fraction of sp³-hybridized carbons (Fsp3) is 0.233. The van der Waals surface area contributed by atoms with E-state index in [9.17, 15) is 10.1 Å². The van der Waals surface area contributed by atoms with Gasteiger partial charge in [0.1, 0.15) is 11.7 Å². The Labute approximate surface area is 205 Å². The minimum absolute atomic E-state index is 0.0604. The van der Waals surface area contributed by atoms with Gasteiger partial charge in [-0.3, -0.25) is 4.79 Å². The van der Waals surface area contributed by atoms with Crippen molar-refractivity contribution in [2.75, 3.05) is 0 Å². The minimum Gasteiger partial charge on any atom is -0.348 e. The summed E-state index contributed by atoms with van der Waals surface area (Å²) in [4.78, 5) is 17.6. The highest BCUT2D eigenvalue weighted by Gasteiger charge is 2.28. The first-order valence-electron chi connectivity index (χ1n) is 12.1. The van der Waals surface area contributed by atoms with Crippen LogP contribution in [0.3, 0.4) is 0 Å². The fourth-order valence-electron chi connectivity index (χ4n) is 5.25. The summed E-state index contributed by atoms with van der Waals surface area (Å²) in [6, 6.07) is 22.8. The highest BCUT2D eigenvalue weighted by atomic mass is 16.1. The molecular formula is C30H28N4O. The molecule has 5 heteroatoms. The van der Waals surface area contributed by atoms with Crippen molar-refractivity contribution in [2.24, 2.45) is 0 Å². The van der Waals surface area contributed by atoms with E-state index in [0.29, 0.717) is 12.1 Å². The normalized spacial score (nSPS) is 15.2. The zero-order valence-corrected chi connectivity index (χ0v) is 20.1. The summed E-state index contributed by atoms with van der Waals surface area (Å²) < 4.78 is 2.19. The molecule has 5 nitrogen and oxygen atoms in total. The Bertz CT molecular complexity index is 1470. The number of aryl methyl sites for hydroxylation is 3. The van der Waals surface area contributed by atoms with Crippen LogP contribution in [0.15, 0.2) is 66.7 Å². The van der Waals surface area contributed by atoms with Gasteiger partial charge in [-0.05, 0) is 67.5 Å². The number of nitrogens with one attached hydrogen (secondary N) is 1. The van der Waals surface area contributed by atoms with Crippen LogP contribution >= 0.6 is 0 Å². The number of hydrogen-bond acceptors (Lipinski definition) is 3. The minimum atomic E-state index is -0.195. The molecule has 0 unspecified atom stereocenters. The maximum absolute atomic E-state index is 12.7. The standard InChI is InChI=1S/C30H28N4O/c1-20-17-21(2)33-30-29(20)25(18-31)27(15-16-28(35)32-19-22-9-4-3-5-10-22)34(30)26-14-8-12-23-11-6-7-13-24(23)26/h3-7,9-11,13,15-17,26H,8,12,14,19H2,1-2H3,(H,32,35)/t26-/m0/s1. The third-order valence-electron chi connectivity index (χ3n) is 6.78. The lowest BCUT2D eigenvalue weighted by Gasteiger charge is -2.28. The van der Waals surface area contributed by atoms with Crippen LogP contribution in [0.2, 0.25) is 0 Å². The molecule has 1 aliphatic rings. The van der Waals surface area contributed by atoms with Gasteiger partial charge in [0.05, 0.1) is 17.3 Å². The van der Waals surface area contributed by atoms with Gasteiger partial charge in [0.2, 0.25) is 5.91 Å². The Kier molecular flexibility index (Phi) is 6.20. The Morgan fingerprint density at radius 1 is 1.17 bits per heavy atom. The number of amides is 1. The second-order valence-electron chi connectivity index (χ2n) is 9.16. The molecule has 1 amide bonds. The van der Waals surface area contributed by atoms with Crippen molar-refractivity contribution in [1.82, 2.24) is 14.9 Å². The van der Waals surface area contributed by atoms with Crippen molar-refractivity contribution in [2.45, 2.75) is 45.7 Å². The van der Waals surface area contributed by atoms with Crippen molar-refractivity contribution < 1.29 is 4.79 Å². The number of benzene rings is 2. The predicted molar refractivity (Wildman–Crippen MR) is 139 cm³/mol. The molecule has 0 saturated carbocycles. The van der Waals surface area contributed by atoms with E-state index in [0.717, 1.165) is 52.8 Å². The Morgan fingerprint density at radius 3 is 2.74 bits per heavy atom. The van der Waals surface area contributed by atoms with Crippen molar-refractivity contribution in [3.8, 4) is 6.07 Å². The molecule has 174 valence electrons. The van der Waals surface area contributed by atoms with E-state index in [2.05, 4.69) is 40.2 Å². The zero-order chi connectivity index (χ0) is 24.4. The average Bonchev–Trinajstić information content (AvgIpc) is 3.19. The number of carbonyl (C=O) groups excluding carboxylic acids is 1. The first-order valence-corrected chi connectivity index (χ1v) is 12.1. The molecule has 2 aromatic carbocycles. The van der Waals surface area contributed by atoms with Gasteiger partial charge >= 0.3 is 0 Å². The first-order chi connectivity index (χ1) is 17.1. The van der Waals surface area contributed by atoms with Crippen LogP contribution in [0.4, 0.5) is 0 Å². The number of aromatic nitrogens is 2. The quantitative estimate of drug-likeness (QED) is 0.384. The highest BCUT2D eigenvalue weighted by Crippen LogP contribution is 2.39. The molecule has 0 bridgehead atoms. The molecule has 2 heterocycles. The van der Waals surface area contributed by atoms with E-state index < -0.39 is 0 Å². The van der Waals surface area contributed by atoms with E-state index in [4.69, 9.17) is 4.98 Å². The molecular weight excluding hydrogens is 432 g/mol. The van der Waals surface area contributed by atoms with Crippen LogP contribution in [-0.2, 0) is 17.8 Å². The molecule has 1 aliphatic carbocycles. The van der Waals surface area contributed by atoms with Gasteiger partial charge in [0, 0.05) is 23.7 Å². The smallest absolute Gasteiger partial charge is 0.244 e. The van der Waals surface area contributed by atoms with E-state index >= 15 is 0 Å². The monoisotopic (exact) mass is 460 g/mol. The number of pyridine rings is 1. The summed E-state index contributed by atoms with van der Waals surface area (Å²) in [5.74, 6) is -0.195. The van der Waals surface area contributed by atoms with Crippen LogP contribution in [-0.4, -0.2) is 15.5 Å². The van der Waals surface area contributed by atoms with Crippen LogP contribution in [0, 0.1) is 25.2 Å². The maximum Gasteiger partial charge on any atom is 0.244 e. The molecule has 0 spiro atoms. The van der Waals surface area contributed by atoms with Gasteiger partial charge in [-0.15, -0.1) is 0 Å². The summed E-state index contributed by atoms with van der Waals surface area (Å²) in [6.45, 7) is 4.46. The van der Waals surface area contributed by atoms with E-state index in [-0.39, 0.29) is 11.9 Å². The lowest BCUT2D eigenvalue weighted by atomic mass is 9.87. The highest BCUT2D eigenvalue weighted by molar-refractivity contribution is 5.96. The molecule has 35 heavy (non-hydrogen) atoms. The SMILES string of the molecule is Cc1cc(C)c2c(C#N)c(C=CC(=O)NCc3ccccc3)n([C@H]3CCCc4ccccc43)c2n1. The van der Waals surface area contributed by atoms with Crippen molar-refractivity contribution in [3.63, 3.8) is 0 Å². The summed E-state index contributed by atoms with van der Waals surface area (Å²) >= 11 is 0. The van der Waals surface area contributed by atoms with E-state index in [1.165, 1.54) is 17.2 Å². The van der Waals surface area contributed by atoms with Crippen molar-refractivity contribution in [3.05, 3.63) is 106 Å². The van der Waals surface area contributed by atoms with Gasteiger partial charge in [-0.1, -0.05) is 54.6 Å². The van der Waals surface area contributed by atoms with Gasteiger partial charge in [0.25, 0.3) is 0 Å². The second-order valence-corrected chi connectivity index (χ2v) is 9.16. The molecule has 0 radical (unpaired) electrons. The summed E-state index contributed by atoms with van der Waals surface area (Å²) in [5, 5.41) is 14.0. The number of rotatable bonds is 5. The largest absolute Gasteiger partial charge is 0.348 e. The van der Waals surface area contributed by atoms with E-state index in [1.54, 1.807) is 6.08 Å². The van der Waals surface area contributed by atoms with Crippen LogP contribution in [0.1, 0.15) is 58.1 Å². The molecule has 0 fully saturated rings. The summed E-state index contributed by atoms with van der Waals surface area (Å²) in [5.41, 5.74) is 7.70. The van der Waals surface area contributed by atoms with Crippen molar-refractivity contribution >= 4 is 23.0 Å². The Morgan fingerprint density at radius 2 is 1.94 bits per heavy atom. The molecule has 1 atom stereocenters. The van der Waals surface area contributed by atoms with Gasteiger partial charge in [-0.25, -0.2) is 4.98 Å². The third kappa shape index (κ3) is 4.36. The molecule has 1 N–H and O–H groups in total. The lowest BCUT2D eigenvalue weighted by Crippen LogP contribution is -2.21. The Hall–Kier alpha value is -4.17. The molecule has 0 saturated heterocycles. The van der Waals surface area contributed by atoms with Crippen LogP contribution in [0.5, 0.6) is 0 Å². The van der Waals surface area contributed by atoms with Crippen LogP contribution in [0.25, 0.3) is 17.1 Å². The number of nitriles is 1. The number of carbonyl (C=O) groups is 1. The third-order valence-corrected chi connectivity index (χ3v) is 6.78. The summed E-state index contributed by atoms with van der Waals surface area (Å²) in [6.07, 6.45) is 6.39. The topological polar surface area (TPSA) is 70.7 Å². The van der Waals surface area contributed by atoms with Crippen molar-refractivity contribution in [1.29, 1.82) is 5.26 Å². The molecule has 5 rings (SSSR count). The number of nitrogens with zero attached hydrogens (tertiary/aromatic N) is 3.